The van der Waals surface area contributed by atoms with Crippen LogP contribution in [-0.4, -0.2) is 10.7 Å². The molecule has 0 amide bonds. The van der Waals surface area contributed by atoms with Crippen LogP contribution in [0.25, 0.3) is 5.69 Å². The van der Waals surface area contributed by atoms with Crippen LogP contribution in [0.1, 0.15) is 35.5 Å². The molecule has 1 aliphatic heterocycles. The summed E-state index contributed by atoms with van der Waals surface area (Å²) in [7, 11) is 0. The van der Waals surface area contributed by atoms with Gasteiger partial charge >= 0.3 is 12.0 Å². The number of halogens is 6. The first-order chi connectivity index (χ1) is 13.7. The lowest BCUT2D eigenvalue weighted by molar-refractivity contribution is -0.609. The van der Waals surface area contributed by atoms with E-state index in [0.29, 0.717) is 5.82 Å². The van der Waals surface area contributed by atoms with E-state index in [4.69, 9.17) is 11.6 Å². The number of fused-ring (bicyclic) bond motifs is 3. The minimum absolute atomic E-state index is 0.192. The Balaban J connectivity index is 2.15. The molecular weight excluding hydrogens is 413 g/mol. The zero-order valence-corrected chi connectivity index (χ0v) is 15.6. The second kappa shape index (κ2) is 6.88. The van der Waals surface area contributed by atoms with Crippen molar-refractivity contribution >= 4 is 17.3 Å². The third-order valence-electron chi connectivity index (χ3n) is 4.59. The molecule has 1 aromatic heterocycles. The maximum atomic E-state index is 14.6. The second-order valence-corrected chi connectivity index (χ2v) is 6.80. The van der Waals surface area contributed by atoms with E-state index >= 15 is 0 Å². The summed E-state index contributed by atoms with van der Waals surface area (Å²) in [4.78, 5) is 8.57. The Morgan fingerprint density at radius 1 is 1.00 bits per heavy atom. The molecule has 1 atom stereocenters. The van der Waals surface area contributed by atoms with E-state index in [1.165, 1.54) is 16.8 Å². The topological polar surface area (TPSA) is 29.1 Å². The van der Waals surface area contributed by atoms with Crippen molar-refractivity contribution in [3.05, 3.63) is 88.0 Å². The molecule has 3 aromatic rings. The molecule has 0 radical (unpaired) electrons. The molecule has 0 saturated heterocycles. The summed E-state index contributed by atoms with van der Waals surface area (Å²) in [6.45, 7) is 1.63. The van der Waals surface area contributed by atoms with E-state index in [2.05, 4.69) is 9.98 Å². The van der Waals surface area contributed by atoms with Gasteiger partial charge in [-0.15, -0.1) is 0 Å². The number of aromatic nitrogens is 2. The van der Waals surface area contributed by atoms with E-state index in [1.54, 1.807) is 19.2 Å². The van der Waals surface area contributed by atoms with Crippen LogP contribution in [0.5, 0.6) is 0 Å². The highest BCUT2D eigenvalue weighted by atomic mass is 35.5. The van der Waals surface area contributed by atoms with Gasteiger partial charge in [-0.2, -0.15) is 17.7 Å². The third-order valence-corrected chi connectivity index (χ3v) is 4.99. The summed E-state index contributed by atoms with van der Waals surface area (Å²) in [5, 5.41) is -0.687. The van der Waals surface area contributed by atoms with Crippen LogP contribution < -0.4 is 4.57 Å². The van der Waals surface area contributed by atoms with E-state index in [1.807, 2.05) is 0 Å². The van der Waals surface area contributed by atoms with Crippen molar-refractivity contribution in [3.8, 4) is 5.69 Å². The highest BCUT2D eigenvalue weighted by Gasteiger charge is 2.39. The van der Waals surface area contributed by atoms with Gasteiger partial charge in [0.25, 0.3) is 0 Å². The first kappa shape index (κ1) is 19.4. The summed E-state index contributed by atoms with van der Waals surface area (Å²) in [5.74, 6) is -1.53. The smallest absolute Gasteiger partial charge is 0.268 e. The van der Waals surface area contributed by atoms with Gasteiger partial charge in [0.2, 0.25) is 0 Å². The zero-order chi connectivity index (χ0) is 20.9. The van der Waals surface area contributed by atoms with Crippen molar-refractivity contribution in [1.82, 2.24) is 4.98 Å². The highest BCUT2D eigenvalue weighted by Crippen LogP contribution is 2.40. The van der Waals surface area contributed by atoms with Crippen LogP contribution in [0.4, 0.5) is 22.0 Å². The van der Waals surface area contributed by atoms with Gasteiger partial charge in [-0.3, -0.25) is 4.99 Å². The average molecular weight is 425 g/mol. The van der Waals surface area contributed by atoms with Crippen molar-refractivity contribution in [3.63, 3.8) is 0 Å². The fraction of sp³-hybridized carbons (Fsp3) is 0.150. The number of benzene rings is 2. The molecule has 9 heteroatoms. The van der Waals surface area contributed by atoms with Crippen molar-refractivity contribution in [2.75, 3.05) is 0 Å². The molecule has 4 rings (SSSR count). The van der Waals surface area contributed by atoms with Crippen LogP contribution in [0.15, 0.2) is 53.8 Å². The lowest BCUT2D eigenvalue weighted by atomic mass is 9.97. The van der Waals surface area contributed by atoms with E-state index in [0.717, 1.165) is 24.3 Å². The van der Waals surface area contributed by atoms with Gasteiger partial charge in [0.1, 0.15) is 29.7 Å². The minimum atomic E-state index is -4.76. The highest BCUT2D eigenvalue weighted by molar-refractivity contribution is 6.37. The Morgan fingerprint density at radius 3 is 2.34 bits per heavy atom. The summed E-state index contributed by atoms with van der Waals surface area (Å²) in [6, 6.07) is 6.09. The van der Waals surface area contributed by atoms with Gasteiger partial charge in [-0.25, -0.2) is 8.78 Å². The van der Waals surface area contributed by atoms with Crippen LogP contribution in [0.2, 0.25) is 5.02 Å². The Bertz CT molecular complexity index is 1140. The van der Waals surface area contributed by atoms with Gasteiger partial charge in [-0.05, 0) is 31.2 Å². The monoisotopic (exact) mass is 424 g/mol. The SMILES string of the molecule is C[C@@H]1N=C(c2c(F)cccc2F)c2c(ccc(C(F)(F)F)c2Cl)-[n+]2cccnc21. The van der Waals surface area contributed by atoms with E-state index < -0.39 is 40.0 Å². The van der Waals surface area contributed by atoms with Crippen LogP contribution >= 0.6 is 11.6 Å². The Hall–Kier alpha value is -2.87. The number of nitrogens with zero attached hydrogens (tertiary/aromatic N) is 3. The Kier molecular flexibility index (Phi) is 4.61. The molecule has 3 nitrogen and oxygen atoms in total. The fourth-order valence-electron chi connectivity index (χ4n) is 3.34. The molecule has 0 fully saturated rings. The third kappa shape index (κ3) is 3.17. The number of hydrogen-bond acceptors (Lipinski definition) is 2. The molecule has 148 valence electrons. The molecule has 29 heavy (non-hydrogen) atoms. The molecule has 2 aromatic carbocycles. The molecule has 0 saturated carbocycles. The van der Waals surface area contributed by atoms with Crippen LogP contribution in [0.3, 0.4) is 0 Å². The molecule has 2 heterocycles. The molecule has 1 aliphatic rings. The van der Waals surface area contributed by atoms with Crippen molar-refractivity contribution in [2.24, 2.45) is 4.99 Å². The summed E-state index contributed by atoms with van der Waals surface area (Å²) >= 11 is 6.17. The Labute approximate surface area is 167 Å². The molecule has 0 unspecified atom stereocenters. The molecule has 0 aliphatic carbocycles. The first-order valence-corrected chi connectivity index (χ1v) is 8.87. The fourth-order valence-corrected chi connectivity index (χ4v) is 3.69. The number of hydrogen-bond donors (Lipinski definition) is 0. The maximum Gasteiger partial charge on any atom is 0.417 e. The second-order valence-electron chi connectivity index (χ2n) is 6.42. The standard InChI is InChI=1S/C20H12ClF5N3/c1-10-19-27-8-3-9-29(19)14-7-6-11(20(24,25)26)17(21)16(14)18(28-10)15-12(22)4-2-5-13(15)23/h2-10H,1H3/q+1/t10-/m0/s1. The van der Waals surface area contributed by atoms with Crippen molar-refractivity contribution in [1.29, 1.82) is 0 Å². The molecule has 0 bridgehead atoms. The number of aliphatic imine (C=N–C) groups is 1. The predicted molar refractivity (Wildman–Crippen MR) is 96.2 cm³/mol. The summed E-state index contributed by atoms with van der Waals surface area (Å²) < 4.78 is 71.1. The van der Waals surface area contributed by atoms with Crippen molar-refractivity contribution in [2.45, 2.75) is 19.1 Å². The zero-order valence-electron chi connectivity index (χ0n) is 14.8. The van der Waals surface area contributed by atoms with Gasteiger partial charge in [0.15, 0.2) is 6.04 Å². The summed E-state index contributed by atoms with van der Waals surface area (Å²) in [5.41, 5.74) is -1.99. The van der Waals surface area contributed by atoms with Crippen molar-refractivity contribution < 1.29 is 26.5 Å². The van der Waals surface area contributed by atoms with Gasteiger partial charge < -0.3 is 0 Å². The van der Waals surface area contributed by atoms with Gasteiger partial charge in [0.05, 0.1) is 27.4 Å². The van der Waals surface area contributed by atoms with E-state index in [-0.39, 0.29) is 17.0 Å². The van der Waals surface area contributed by atoms with Crippen LogP contribution in [-0.2, 0) is 6.18 Å². The van der Waals surface area contributed by atoms with Crippen LogP contribution in [0, 0.1) is 11.6 Å². The largest absolute Gasteiger partial charge is 0.417 e. The first-order valence-electron chi connectivity index (χ1n) is 8.49. The minimum Gasteiger partial charge on any atom is -0.268 e. The Morgan fingerprint density at radius 2 is 1.69 bits per heavy atom. The molecule has 0 N–H and O–H groups in total. The molecule has 0 spiro atoms. The normalized spacial score (nSPS) is 16.0. The maximum absolute atomic E-state index is 14.6. The predicted octanol–water partition coefficient (Wildman–Crippen LogP) is 5.22. The lowest BCUT2D eigenvalue weighted by Gasteiger charge is -2.16. The van der Waals surface area contributed by atoms with E-state index in [9.17, 15) is 22.0 Å². The van der Waals surface area contributed by atoms with Gasteiger partial charge in [-0.1, -0.05) is 22.7 Å². The average Bonchev–Trinajstić information content (AvgIpc) is 2.77. The van der Waals surface area contributed by atoms with Gasteiger partial charge in [0, 0.05) is 6.07 Å². The lowest BCUT2D eigenvalue weighted by Crippen LogP contribution is -2.38. The number of rotatable bonds is 1. The summed E-state index contributed by atoms with van der Waals surface area (Å²) in [6.07, 6.45) is -1.68. The molecular formula is C20H12ClF5N3+. The quantitative estimate of drug-likeness (QED) is 0.389. The number of alkyl halides is 3.